The summed E-state index contributed by atoms with van der Waals surface area (Å²) in [6.45, 7) is 0. The Morgan fingerprint density at radius 1 is 1.08 bits per heavy atom. The molecule has 1 N–H and O–H groups in total. The van der Waals surface area contributed by atoms with Gasteiger partial charge in [0.1, 0.15) is 0 Å². The molecule has 0 aliphatic carbocycles. The Kier molecular flexibility index (Phi) is 4.90. The summed E-state index contributed by atoms with van der Waals surface area (Å²) in [6.07, 6.45) is 11.7. The molecule has 124 valence electrons. The summed E-state index contributed by atoms with van der Waals surface area (Å²) in [7, 11) is 2.03. The molecule has 0 radical (unpaired) electrons. The molecule has 4 nitrogen and oxygen atoms in total. The van der Waals surface area contributed by atoms with Crippen molar-refractivity contribution in [3.8, 4) is 0 Å². The largest absolute Gasteiger partial charge is 0.478 e. The highest BCUT2D eigenvalue weighted by atomic mass is 16.4. The number of carboxylic acid groups (broad SMARTS) is 1. The minimum absolute atomic E-state index is 0.256. The summed E-state index contributed by atoms with van der Waals surface area (Å²) >= 11 is 0. The number of nitrogens with zero attached hydrogens (tertiary/aromatic N) is 2. The molecule has 2 aromatic rings. The molecule has 3 rings (SSSR count). The van der Waals surface area contributed by atoms with Gasteiger partial charge in [0.15, 0.2) is 0 Å². The predicted molar refractivity (Wildman–Crippen MR) is 103 cm³/mol. The Morgan fingerprint density at radius 2 is 1.84 bits per heavy atom. The van der Waals surface area contributed by atoms with Crippen molar-refractivity contribution in [3.63, 3.8) is 0 Å². The molecule has 0 atom stereocenters. The molecular formula is C21H18N2O2. The molecule has 0 amide bonds. The second kappa shape index (κ2) is 7.45. The summed E-state index contributed by atoms with van der Waals surface area (Å²) in [4.78, 5) is 17.2. The molecule has 4 heteroatoms. The Morgan fingerprint density at radius 3 is 2.60 bits per heavy atom. The normalized spacial score (nSPS) is 15.2. The lowest BCUT2D eigenvalue weighted by molar-refractivity contribution is 0.0697. The number of carbonyl (C=O) groups is 1. The number of carboxylic acids is 1. The fraction of sp³-hybridized carbons (Fsp3) is 0.0476. The van der Waals surface area contributed by atoms with Crippen LogP contribution in [0.3, 0.4) is 0 Å². The maximum Gasteiger partial charge on any atom is 0.335 e. The van der Waals surface area contributed by atoms with Crippen molar-refractivity contribution in [1.82, 2.24) is 0 Å². The lowest BCUT2D eigenvalue weighted by Crippen LogP contribution is -2.13. The van der Waals surface area contributed by atoms with Crippen LogP contribution in [0.15, 0.2) is 84.0 Å². The van der Waals surface area contributed by atoms with Crippen LogP contribution in [0.5, 0.6) is 0 Å². The number of aliphatic imine (C=N–C) groups is 1. The van der Waals surface area contributed by atoms with E-state index in [0.29, 0.717) is 5.69 Å². The number of anilines is 1. The first kappa shape index (κ1) is 16.5. The molecule has 0 saturated carbocycles. The lowest BCUT2D eigenvalue weighted by Gasteiger charge is -2.23. The van der Waals surface area contributed by atoms with E-state index in [9.17, 15) is 4.79 Å². The third-order valence-corrected chi connectivity index (χ3v) is 3.88. The molecule has 0 spiro atoms. The van der Waals surface area contributed by atoms with Gasteiger partial charge in [0.2, 0.25) is 0 Å². The van der Waals surface area contributed by atoms with Gasteiger partial charge in [-0.2, -0.15) is 0 Å². The van der Waals surface area contributed by atoms with E-state index in [0.717, 1.165) is 5.57 Å². The highest BCUT2D eigenvalue weighted by Gasteiger charge is 2.11. The molecule has 0 fully saturated rings. The molecule has 0 saturated heterocycles. The van der Waals surface area contributed by atoms with Crippen molar-refractivity contribution in [2.75, 3.05) is 11.9 Å². The Bertz CT molecular complexity index is 890. The second-order valence-electron chi connectivity index (χ2n) is 5.58. The Hall–Kier alpha value is -3.40. The van der Waals surface area contributed by atoms with Gasteiger partial charge in [-0.3, -0.25) is 4.99 Å². The van der Waals surface area contributed by atoms with Crippen LogP contribution in [0, 0.1) is 0 Å². The molecule has 1 heterocycles. The molecule has 1 aliphatic rings. The number of hydrogen-bond acceptors (Lipinski definition) is 3. The average Bonchev–Trinajstić information content (AvgIpc) is 2.64. The van der Waals surface area contributed by atoms with Crippen LogP contribution in [0.25, 0.3) is 5.57 Å². The van der Waals surface area contributed by atoms with Gasteiger partial charge >= 0.3 is 5.97 Å². The van der Waals surface area contributed by atoms with Crippen LogP contribution in [0.2, 0.25) is 0 Å². The zero-order chi connectivity index (χ0) is 17.6. The maximum atomic E-state index is 10.8. The van der Waals surface area contributed by atoms with Gasteiger partial charge in [0, 0.05) is 30.7 Å². The number of rotatable bonds is 4. The number of allylic oxidation sites excluding steroid dienone is 5. The predicted octanol–water partition coefficient (Wildman–Crippen LogP) is 4.69. The van der Waals surface area contributed by atoms with Crippen LogP contribution in [0.1, 0.15) is 15.9 Å². The zero-order valence-electron chi connectivity index (χ0n) is 13.8. The minimum Gasteiger partial charge on any atom is -0.478 e. The summed E-state index contributed by atoms with van der Waals surface area (Å²) in [5, 5.41) is 8.87. The molecule has 0 bridgehead atoms. The SMILES string of the molecule is CN1C=C/C(=C\C=C\C=Nc2ccc(C(=O)O)cc2)c2ccccc21. The maximum absolute atomic E-state index is 10.8. The lowest BCUT2D eigenvalue weighted by atomic mass is 10.00. The minimum atomic E-state index is -0.937. The monoisotopic (exact) mass is 330 g/mol. The van der Waals surface area contributed by atoms with E-state index in [2.05, 4.69) is 28.1 Å². The van der Waals surface area contributed by atoms with Gasteiger partial charge in [-0.1, -0.05) is 30.4 Å². The fourth-order valence-electron chi connectivity index (χ4n) is 2.56. The van der Waals surface area contributed by atoms with Crippen molar-refractivity contribution in [2.45, 2.75) is 0 Å². The van der Waals surface area contributed by atoms with E-state index >= 15 is 0 Å². The van der Waals surface area contributed by atoms with E-state index in [4.69, 9.17) is 5.11 Å². The van der Waals surface area contributed by atoms with Crippen molar-refractivity contribution in [2.24, 2.45) is 4.99 Å². The van der Waals surface area contributed by atoms with Crippen LogP contribution in [-0.4, -0.2) is 24.3 Å². The van der Waals surface area contributed by atoms with E-state index < -0.39 is 5.97 Å². The van der Waals surface area contributed by atoms with Crippen LogP contribution >= 0.6 is 0 Å². The number of benzene rings is 2. The van der Waals surface area contributed by atoms with Crippen LogP contribution in [-0.2, 0) is 0 Å². The number of para-hydroxylation sites is 1. The van der Waals surface area contributed by atoms with Gasteiger partial charge < -0.3 is 10.0 Å². The smallest absolute Gasteiger partial charge is 0.335 e. The summed E-state index contributed by atoms with van der Waals surface area (Å²) in [5.41, 5.74) is 4.48. The Balaban J connectivity index is 1.69. The Labute approximate surface area is 146 Å². The first-order valence-corrected chi connectivity index (χ1v) is 7.90. The number of fused-ring (bicyclic) bond motifs is 1. The summed E-state index contributed by atoms with van der Waals surface area (Å²) in [5.74, 6) is -0.937. The van der Waals surface area contributed by atoms with Crippen LogP contribution < -0.4 is 4.90 Å². The molecular weight excluding hydrogens is 312 g/mol. The quantitative estimate of drug-likeness (QED) is 0.827. The van der Waals surface area contributed by atoms with E-state index in [1.807, 2.05) is 43.6 Å². The van der Waals surface area contributed by atoms with Gasteiger partial charge in [-0.25, -0.2) is 4.79 Å². The second-order valence-corrected chi connectivity index (χ2v) is 5.58. The van der Waals surface area contributed by atoms with Crippen molar-refractivity contribution < 1.29 is 9.90 Å². The summed E-state index contributed by atoms with van der Waals surface area (Å²) in [6, 6.07) is 14.7. The standard InChI is InChI=1S/C21H18N2O2/c1-23-15-13-16(19-7-2-3-8-20(19)23)6-4-5-14-22-18-11-9-17(10-12-18)21(24)25/h2-15H,1H3,(H,24,25)/b5-4+,16-6+,22-14?. The first-order valence-electron chi connectivity index (χ1n) is 7.90. The average molecular weight is 330 g/mol. The van der Waals surface area contributed by atoms with Gasteiger partial charge in [-0.05, 0) is 48.1 Å². The molecule has 0 aromatic heterocycles. The third-order valence-electron chi connectivity index (χ3n) is 3.88. The zero-order valence-corrected chi connectivity index (χ0v) is 13.8. The van der Waals surface area contributed by atoms with E-state index in [1.54, 1.807) is 30.5 Å². The van der Waals surface area contributed by atoms with Gasteiger partial charge in [0.05, 0.1) is 11.3 Å². The summed E-state index contributed by atoms with van der Waals surface area (Å²) < 4.78 is 0. The topological polar surface area (TPSA) is 52.9 Å². The van der Waals surface area contributed by atoms with Gasteiger partial charge in [0.25, 0.3) is 0 Å². The van der Waals surface area contributed by atoms with Crippen molar-refractivity contribution in [1.29, 1.82) is 0 Å². The molecule has 1 aliphatic heterocycles. The van der Waals surface area contributed by atoms with E-state index in [-0.39, 0.29) is 5.56 Å². The third kappa shape index (κ3) is 3.93. The van der Waals surface area contributed by atoms with Crippen molar-refractivity contribution in [3.05, 3.63) is 90.2 Å². The fourth-order valence-corrected chi connectivity index (χ4v) is 2.56. The van der Waals surface area contributed by atoms with Gasteiger partial charge in [-0.15, -0.1) is 0 Å². The highest BCUT2D eigenvalue weighted by Crippen LogP contribution is 2.31. The van der Waals surface area contributed by atoms with E-state index in [1.165, 1.54) is 11.3 Å². The van der Waals surface area contributed by atoms with Crippen molar-refractivity contribution >= 4 is 29.1 Å². The first-order chi connectivity index (χ1) is 12.1. The molecule has 2 aromatic carbocycles. The van der Waals surface area contributed by atoms with Crippen LogP contribution in [0.4, 0.5) is 11.4 Å². The molecule has 25 heavy (non-hydrogen) atoms. The molecule has 0 unspecified atom stereocenters. The number of hydrogen-bond donors (Lipinski definition) is 1. The highest BCUT2D eigenvalue weighted by molar-refractivity contribution is 5.88. The number of aromatic carboxylic acids is 1.